The first-order chi connectivity index (χ1) is 6.77. The smallest absolute Gasteiger partial charge is 0.236 e. The minimum atomic E-state index is -0.0495. The Morgan fingerprint density at radius 2 is 2.50 bits per heavy atom. The molecule has 0 spiro atoms. The zero-order valence-corrected chi connectivity index (χ0v) is 8.53. The molecule has 78 valence electrons. The van der Waals surface area contributed by atoms with Crippen LogP contribution in [0.1, 0.15) is 19.8 Å². The molecule has 4 heteroatoms. The molecule has 1 amide bonds. The first-order valence-corrected chi connectivity index (χ1v) is 5.00. The number of hydrogen-bond acceptors (Lipinski definition) is 3. The highest BCUT2D eigenvalue weighted by atomic mass is 16.5. The first kappa shape index (κ1) is 11.0. The predicted molar refractivity (Wildman–Crippen MR) is 51.4 cm³/mol. The standard InChI is InChI=1S/C10H16N2O2/c1-2-14-8-9-4-6-12(7-9)10(13)3-5-11/h9H,2-4,6-8H2,1H3. The Bertz CT molecular complexity index is 235. The molecule has 0 aromatic heterocycles. The van der Waals surface area contributed by atoms with Crippen molar-refractivity contribution in [2.24, 2.45) is 5.92 Å². The molecule has 1 unspecified atom stereocenters. The van der Waals surface area contributed by atoms with E-state index in [0.717, 1.165) is 32.7 Å². The van der Waals surface area contributed by atoms with Crippen molar-refractivity contribution in [1.29, 1.82) is 5.26 Å². The fourth-order valence-electron chi connectivity index (χ4n) is 1.66. The van der Waals surface area contributed by atoms with E-state index < -0.39 is 0 Å². The molecule has 1 saturated heterocycles. The Balaban J connectivity index is 2.27. The van der Waals surface area contributed by atoms with Crippen LogP contribution in [-0.2, 0) is 9.53 Å². The second-order valence-corrected chi connectivity index (χ2v) is 3.49. The highest BCUT2D eigenvalue weighted by molar-refractivity contribution is 5.78. The number of rotatable bonds is 4. The summed E-state index contributed by atoms with van der Waals surface area (Å²) >= 11 is 0. The van der Waals surface area contributed by atoms with Gasteiger partial charge in [0.1, 0.15) is 6.42 Å². The highest BCUT2D eigenvalue weighted by Gasteiger charge is 2.25. The zero-order valence-electron chi connectivity index (χ0n) is 8.53. The van der Waals surface area contributed by atoms with Crippen LogP contribution in [0.25, 0.3) is 0 Å². The van der Waals surface area contributed by atoms with E-state index in [4.69, 9.17) is 10.00 Å². The third kappa shape index (κ3) is 3.00. The molecule has 0 aliphatic carbocycles. The number of nitriles is 1. The molecule has 1 fully saturated rings. The van der Waals surface area contributed by atoms with Crippen LogP contribution in [0.3, 0.4) is 0 Å². The molecule has 0 radical (unpaired) electrons. The number of likely N-dealkylation sites (tertiary alicyclic amines) is 1. The van der Waals surface area contributed by atoms with Crippen LogP contribution in [0.5, 0.6) is 0 Å². The van der Waals surface area contributed by atoms with Crippen molar-refractivity contribution in [3.63, 3.8) is 0 Å². The summed E-state index contributed by atoms with van der Waals surface area (Å²) in [6.07, 6.45) is 0.999. The molecule has 14 heavy (non-hydrogen) atoms. The van der Waals surface area contributed by atoms with E-state index in [9.17, 15) is 4.79 Å². The van der Waals surface area contributed by atoms with Crippen molar-refractivity contribution >= 4 is 5.91 Å². The van der Waals surface area contributed by atoms with E-state index in [1.54, 1.807) is 4.90 Å². The maximum atomic E-state index is 11.3. The summed E-state index contributed by atoms with van der Waals surface area (Å²) in [7, 11) is 0. The lowest BCUT2D eigenvalue weighted by Gasteiger charge is -2.14. The van der Waals surface area contributed by atoms with E-state index in [-0.39, 0.29) is 12.3 Å². The molecular weight excluding hydrogens is 180 g/mol. The minimum Gasteiger partial charge on any atom is -0.381 e. The van der Waals surface area contributed by atoms with E-state index >= 15 is 0 Å². The third-order valence-electron chi connectivity index (χ3n) is 2.43. The number of hydrogen-bond donors (Lipinski definition) is 0. The van der Waals surface area contributed by atoms with Crippen molar-refractivity contribution in [2.45, 2.75) is 19.8 Å². The molecule has 1 atom stereocenters. The summed E-state index contributed by atoms with van der Waals surface area (Å²) in [6.45, 7) is 4.95. The van der Waals surface area contributed by atoms with Crippen LogP contribution in [-0.4, -0.2) is 37.1 Å². The summed E-state index contributed by atoms with van der Waals surface area (Å²) in [4.78, 5) is 13.1. The molecule has 1 heterocycles. The molecular formula is C10H16N2O2. The minimum absolute atomic E-state index is 0.00134. The van der Waals surface area contributed by atoms with Gasteiger partial charge < -0.3 is 9.64 Å². The lowest BCUT2D eigenvalue weighted by atomic mass is 10.1. The van der Waals surface area contributed by atoms with E-state index in [1.165, 1.54) is 0 Å². The fourth-order valence-corrected chi connectivity index (χ4v) is 1.66. The van der Waals surface area contributed by atoms with Gasteiger partial charge in [-0.1, -0.05) is 0 Å². The molecule has 0 saturated carbocycles. The van der Waals surface area contributed by atoms with Gasteiger partial charge in [0, 0.05) is 25.6 Å². The summed E-state index contributed by atoms with van der Waals surface area (Å²) in [5.74, 6) is 0.407. The van der Waals surface area contributed by atoms with Gasteiger partial charge in [0.15, 0.2) is 0 Å². The number of amides is 1. The summed E-state index contributed by atoms with van der Waals surface area (Å²) in [5.41, 5.74) is 0. The fraction of sp³-hybridized carbons (Fsp3) is 0.800. The molecule has 1 aliphatic rings. The summed E-state index contributed by atoms with van der Waals surface area (Å²) in [6, 6.07) is 1.88. The number of carbonyl (C=O) groups is 1. The van der Waals surface area contributed by atoms with Gasteiger partial charge in [-0.3, -0.25) is 4.79 Å². The second kappa shape index (κ2) is 5.61. The van der Waals surface area contributed by atoms with Crippen LogP contribution >= 0.6 is 0 Å². The summed E-state index contributed by atoms with van der Waals surface area (Å²) < 4.78 is 5.30. The number of carbonyl (C=O) groups excluding carboxylic acids is 1. The Labute approximate surface area is 84.4 Å². The molecule has 4 nitrogen and oxygen atoms in total. The van der Waals surface area contributed by atoms with Gasteiger partial charge in [0.25, 0.3) is 0 Å². The predicted octanol–water partition coefficient (Wildman–Crippen LogP) is 0.785. The molecule has 0 aromatic rings. The average Bonchev–Trinajstić information content (AvgIpc) is 2.63. The topological polar surface area (TPSA) is 53.3 Å². The Kier molecular flexibility index (Phi) is 4.41. The van der Waals surface area contributed by atoms with Crippen LogP contribution < -0.4 is 0 Å². The molecule has 1 aliphatic heterocycles. The number of nitrogens with zero attached hydrogens (tertiary/aromatic N) is 2. The van der Waals surface area contributed by atoms with E-state index in [0.29, 0.717) is 5.92 Å². The van der Waals surface area contributed by atoms with Crippen LogP contribution in [0.15, 0.2) is 0 Å². The van der Waals surface area contributed by atoms with Gasteiger partial charge in [0.2, 0.25) is 5.91 Å². The van der Waals surface area contributed by atoms with Gasteiger partial charge in [-0.15, -0.1) is 0 Å². The quantitative estimate of drug-likeness (QED) is 0.667. The van der Waals surface area contributed by atoms with Crippen LogP contribution in [0, 0.1) is 17.2 Å². The number of ether oxygens (including phenoxy) is 1. The summed E-state index contributed by atoms with van der Waals surface area (Å²) in [5, 5.41) is 8.38. The van der Waals surface area contributed by atoms with Crippen LogP contribution in [0.4, 0.5) is 0 Å². The van der Waals surface area contributed by atoms with Crippen molar-refractivity contribution in [1.82, 2.24) is 4.90 Å². The van der Waals surface area contributed by atoms with Crippen molar-refractivity contribution in [2.75, 3.05) is 26.3 Å². The Morgan fingerprint density at radius 3 is 3.14 bits per heavy atom. The van der Waals surface area contributed by atoms with Crippen molar-refractivity contribution < 1.29 is 9.53 Å². The maximum Gasteiger partial charge on any atom is 0.236 e. The van der Waals surface area contributed by atoms with Crippen molar-refractivity contribution in [3.05, 3.63) is 0 Å². The third-order valence-corrected chi connectivity index (χ3v) is 2.43. The second-order valence-electron chi connectivity index (χ2n) is 3.49. The maximum absolute atomic E-state index is 11.3. The normalized spacial score (nSPS) is 20.9. The van der Waals surface area contributed by atoms with Gasteiger partial charge in [-0.25, -0.2) is 0 Å². The Morgan fingerprint density at radius 1 is 1.71 bits per heavy atom. The molecule has 1 rings (SSSR count). The lowest BCUT2D eigenvalue weighted by Crippen LogP contribution is -2.28. The van der Waals surface area contributed by atoms with E-state index in [2.05, 4.69) is 0 Å². The van der Waals surface area contributed by atoms with Crippen molar-refractivity contribution in [3.8, 4) is 6.07 Å². The monoisotopic (exact) mass is 196 g/mol. The average molecular weight is 196 g/mol. The molecule has 0 bridgehead atoms. The largest absolute Gasteiger partial charge is 0.381 e. The Hall–Kier alpha value is -1.08. The van der Waals surface area contributed by atoms with Crippen LogP contribution in [0.2, 0.25) is 0 Å². The zero-order chi connectivity index (χ0) is 10.4. The van der Waals surface area contributed by atoms with Gasteiger partial charge in [-0.2, -0.15) is 5.26 Å². The lowest BCUT2D eigenvalue weighted by molar-refractivity contribution is -0.129. The highest BCUT2D eigenvalue weighted by Crippen LogP contribution is 2.17. The molecule has 0 aromatic carbocycles. The van der Waals surface area contributed by atoms with E-state index in [1.807, 2.05) is 13.0 Å². The first-order valence-electron chi connectivity index (χ1n) is 5.00. The van der Waals surface area contributed by atoms with Gasteiger partial charge in [-0.05, 0) is 13.3 Å². The van der Waals surface area contributed by atoms with Gasteiger partial charge >= 0.3 is 0 Å². The SMILES string of the molecule is CCOCC1CCN(C(=O)CC#N)C1. The van der Waals surface area contributed by atoms with Gasteiger partial charge in [0.05, 0.1) is 12.7 Å². The molecule has 0 N–H and O–H groups in total.